The van der Waals surface area contributed by atoms with E-state index in [1.54, 1.807) is 19.2 Å². The molecule has 0 spiro atoms. The lowest BCUT2D eigenvalue weighted by molar-refractivity contribution is -0.117. The number of amides is 2. The van der Waals surface area contributed by atoms with Crippen molar-refractivity contribution in [2.24, 2.45) is 10.7 Å². The van der Waals surface area contributed by atoms with E-state index in [0.717, 1.165) is 22.6 Å². The van der Waals surface area contributed by atoms with Gasteiger partial charge in [0.2, 0.25) is 5.91 Å². The Kier molecular flexibility index (Phi) is 9.85. The molecule has 0 saturated heterocycles. The minimum Gasteiger partial charge on any atom is -0.368 e. The number of benzene rings is 2. The van der Waals surface area contributed by atoms with E-state index >= 15 is 0 Å². The maximum absolute atomic E-state index is 12.0. The fourth-order valence-electron chi connectivity index (χ4n) is 3.12. The van der Waals surface area contributed by atoms with E-state index in [1.807, 2.05) is 60.6 Å². The SMILES string of the molecule is CN=C(NCc1ccc(C(=O)NCC(N)=O)cc1)N(C)Cc1ncc(-c2ccccc2)[nH]1.I. The van der Waals surface area contributed by atoms with Gasteiger partial charge in [0.15, 0.2) is 5.96 Å². The minimum absolute atomic E-state index is 0. The number of nitrogens with zero attached hydrogens (tertiary/aromatic N) is 3. The number of aromatic amines is 1. The Morgan fingerprint density at radius 3 is 2.42 bits per heavy atom. The van der Waals surface area contributed by atoms with Gasteiger partial charge in [-0.25, -0.2) is 4.98 Å². The standard InChI is InChI=1S/C23H27N7O2.HI/c1-25-23(28-12-16-8-10-18(11-9-16)22(32)27-14-20(24)31)30(2)15-21-26-13-19(29-21)17-6-4-3-5-7-17;/h3-11,13H,12,14-15H2,1-2H3,(H2,24,31)(H,25,28)(H,26,29)(H,27,32);1H. The molecule has 0 atom stereocenters. The van der Waals surface area contributed by atoms with Crippen LogP contribution < -0.4 is 16.4 Å². The number of halogens is 1. The van der Waals surface area contributed by atoms with Crippen molar-refractivity contribution in [3.8, 4) is 11.3 Å². The second-order valence-electron chi connectivity index (χ2n) is 7.21. The van der Waals surface area contributed by atoms with Gasteiger partial charge >= 0.3 is 0 Å². The molecular weight excluding hydrogens is 533 g/mol. The molecule has 0 aliphatic carbocycles. The Hall–Kier alpha value is -3.41. The van der Waals surface area contributed by atoms with Crippen LogP contribution in [0.4, 0.5) is 0 Å². The molecule has 1 aromatic heterocycles. The number of guanidine groups is 1. The lowest BCUT2D eigenvalue weighted by atomic mass is 10.1. The van der Waals surface area contributed by atoms with Crippen molar-refractivity contribution in [2.45, 2.75) is 13.1 Å². The zero-order valence-electron chi connectivity index (χ0n) is 18.5. The summed E-state index contributed by atoms with van der Waals surface area (Å²) in [6.07, 6.45) is 1.83. The van der Waals surface area contributed by atoms with E-state index < -0.39 is 5.91 Å². The van der Waals surface area contributed by atoms with Crippen LogP contribution in [-0.4, -0.2) is 53.3 Å². The largest absolute Gasteiger partial charge is 0.368 e. The van der Waals surface area contributed by atoms with Crippen molar-refractivity contribution in [2.75, 3.05) is 20.6 Å². The van der Waals surface area contributed by atoms with Crippen LogP contribution in [0.1, 0.15) is 21.7 Å². The van der Waals surface area contributed by atoms with Crippen LogP contribution in [0.3, 0.4) is 0 Å². The van der Waals surface area contributed by atoms with Gasteiger partial charge in [-0.2, -0.15) is 0 Å². The molecular formula is C23H28IN7O2. The lowest BCUT2D eigenvalue weighted by Crippen LogP contribution is -2.38. The zero-order chi connectivity index (χ0) is 22.9. The van der Waals surface area contributed by atoms with Gasteiger partial charge in [0, 0.05) is 26.2 Å². The predicted octanol–water partition coefficient (Wildman–Crippen LogP) is 2.12. The molecule has 0 radical (unpaired) electrons. The number of primary amides is 1. The zero-order valence-corrected chi connectivity index (χ0v) is 20.9. The van der Waals surface area contributed by atoms with Crippen molar-refractivity contribution in [3.05, 3.63) is 77.7 Å². The molecule has 9 nitrogen and oxygen atoms in total. The normalized spacial score (nSPS) is 10.8. The number of aliphatic imine (C=N–C) groups is 1. The van der Waals surface area contributed by atoms with Gasteiger partial charge in [-0.15, -0.1) is 24.0 Å². The third-order valence-corrected chi connectivity index (χ3v) is 4.76. The number of hydrogen-bond acceptors (Lipinski definition) is 4. The second kappa shape index (κ2) is 12.6. The summed E-state index contributed by atoms with van der Waals surface area (Å²) in [4.78, 5) is 36.9. The number of nitrogens with one attached hydrogen (secondary N) is 3. The number of aromatic nitrogens is 2. The van der Waals surface area contributed by atoms with Gasteiger partial charge in [-0.1, -0.05) is 42.5 Å². The number of rotatable bonds is 8. The third kappa shape index (κ3) is 7.59. The van der Waals surface area contributed by atoms with Crippen LogP contribution >= 0.6 is 24.0 Å². The van der Waals surface area contributed by atoms with Crippen LogP contribution in [0.5, 0.6) is 0 Å². The molecule has 10 heteroatoms. The first-order valence-electron chi connectivity index (χ1n) is 10.1. The highest BCUT2D eigenvalue weighted by Crippen LogP contribution is 2.16. The van der Waals surface area contributed by atoms with Gasteiger partial charge in [0.25, 0.3) is 5.91 Å². The van der Waals surface area contributed by atoms with Crippen LogP contribution in [-0.2, 0) is 17.9 Å². The van der Waals surface area contributed by atoms with Gasteiger partial charge in [0.05, 0.1) is 25.0 Å². The predicted molar refractivity (Wildman–Crippen MR) is 139 cm³/mol. The van der Waals surface area contributed by atoms with Crippen molar-refractivity contribution < 1.29 is 9.59 Å². The molecule has 2 aromatic carbocycles. The summed E-state index contributed by atoms with van der Waals surface area (Å²) in [6, 6.07) is 17.1. The summed E-state index contributed by atoms with van der Waals surface area (Å²) >= 11 is 0. The number of H-pyrrole nitrogens is 1. The maximum atomic E-state index is 12.0. The fourth-order valence-corrected chi connectivity index (χ4v) is 3.12. The van der Waals surface area contributed by atoms with Crippen LogP contribution in [0, 0.1) is 0 Å². The van der Waals surface area contributed by atoms with E-state index in [-0.39, 0.29) is 36.4 Å². The van der Waals surface area contributed by atoms with Crippen LogP contribution in [0.2, 0.25) is 0 Å². The van der Waals surface area contributed by atoms with E-state index in [4.69, 9.17) is 5.73 Å². The van der Waals surface area contributed by atoms with Gasteiger partial charge in [-0.3, -0.25) is 14.6 Å². The Bertz CT molecular complexity index is 1080. The first-order valence-corrected chi connectivity index (χ1v) is 10.1. The quantitative estimate of drug-likeness (QED) is 0.190. The van der Waals surface area contributed by atoms with Crippen LogP contribution in [0.25, 0.3) is 11.3 Å². The second-order valence-corrected chi connectivity index (χ2v) is 7.21. The Labute approximate surface area is 209 Å². The highest BCUT2D eigenvalue weighted by atomic mass is 127. The summed E-state index contributed by atoms with van der Waals surface area (Å²) in [7, 11) is 3.66. The summed E-state index contributed by atoms with van der Waals surface area (Å²) in [6.45, 7) is 0.909. The van der Waals surface area contributed by atoms with Crippen molar-refractivity contribution in [3.63, 3.8) is 0 Å². The van der Waals surface area contributed by atoms with Crippen molar-refractivity contribution in [1.82, 2.24) is 25.5 Å². The van der Waals surface area contributed by atoms with Gasteiger partial charge < -0.3 is 26.3 Å². The molecule has 0 unspecified atom stereocenters. The molecule has 2 amide bonds. The molecule has 3 aromatic rings. The molecule has 174 valence electrons. The first kappa shape index (κ1) is 25.8. The average Bonchev–Trinajstić information content (AvgIpc) is 3.27. The van der Waals surface area contributed by atoms with E-state index in [1.165, 1.54) is 0 Å². The van der Waals surface area contributed by atoms with Gasteiger partial charge in [0.1, 0.15) is 5.82 Å². The van der Waals surface area contributed by atoms with E-state index in [9.17, 15) is 9.59 Å². The van der Waals surface area contributed by atoms with Crippen molar-refractivity contribution >= 4 is 41.8 Å². The molecule has 3 rings (SSSR count). The summed E-state index contributed by atoms with van der Waals surface area (Å²) in [5, 5.41) is 5.77. The molecule has 0 aliphatic rings. The molecule has 0 saturated carbocycles. The first-order chi connectivity index (χ1) is 15.5. The Morgan fingerprint density at radius 1 is 1.09 bits per heavy atom. The fraction of sp³-hybridized carbons (Fsp3) is 0.217. The maximum Gasteiger partial charge on any atom is 0.251 e. The average molecular weight is 561 g/mol. The molecule has 0 fully saturated rings. The summed E-state index contributed by atoms with van der Waals surface area (Å²) < 4.78 is 0. The minimum atomic E-state index is -0.583. The van der Waals surface area contributed by atoms with Crippen molar-refractivity contribution in [1.29, 1.82) is 0 Å². The molecule has 0 bridgehead atoms. The summed E-state index contributed by atoms with van der Waals surface area (Å²) in [5.74, 6) is 0.624. The molecule has 1 heterocycles. The molecule has 0 aliphatic heterocycles. The molecule has 5 N–H and O–H groups in total. The van der Waals surface area contributed by atoms with Crippen LogP contribution in [0.15, 0.2) is 65.8 Å². The highest BCUT2D eigenvalue weighted by Gasteiger charge is 2.11. The lowest BCUT2D eigenvalue weighted by Gasteiger charge is -2.21. The Balaban J connectivity index is 0.00000385. The number of imidazole rings is 1. The smallest absolute Gasteiger partial charge is 0.251 e. The highest BCUT2D eigenvalue weighted by molar-refractivity contribution is 14.0. The topological polar surface area (TPSA) is 128 Å². The van der Waals surface area contributed by atoms with E-state index in [0.29, 0.717) is 24.6 Å². The number of nitrogens with two attached hydrogens (primary N) is 1. The summed E-state index contributed by atoms with van der Waals surface area (Å²) in [5.41, 5.74) is 8.54. The third-order valence-electron chi connectivity index (χ3n) is 4.76. The monoisotopic (exact) mass is 561 g/mol. The van der Waals surface area contributed by atoms with Gasteiger partial charge in [-0.05, 0) is 23.3 Å². The molecule has 33 heavy (non-hydrogen) atoms. The number of carbonyl (C=O) groups is 2. The number of hydrogen-bond donors (Lipinski definition) is 4. The number of carbonyl (C=O) groups excluding carboxylic acids is 2. The van der Waals surface area contributed by atoms with E-state index in [2.05, 4.69) is 25.6 Å². The Morgan fingerprint density at radius 2 is 1.79 bits per heavy atom.